The van der Waals surface area contributed by atoms with E-state index in [1.54, 1.807) is 0 Å². The molecule has 5 fully saturated rings. The second-order valence-corrected chi connectivity index (χ2v) is 43.4. The Bertz CT molecular complexity index is 8270. The molecule has 0 radical (unpaired) electrons. The highest BCUT2D eigenvalue weighted by molar-refractivity contribution is 7.19. The number of nitrogens with zero attached hydrogens (tertiary/aromatic N) is 4. The molecule has 9 atom stereocenters. The number of furan rings is 1. The molecule has 6 unspecified atom stereocenters. The molecular formula is C129H100N4OSi. The van der Waals surface area contributed by atoms with Crippen molar-refractivity contribution in [1.29, 1.82) is 0 Å². The topological polar surface area (TPSA) is 29.5 Å². The fraction of sp³-hybridized carbons (Fsp3) is 0.147. The number of hydrogen-bond acceptors (Lipinski definition) is 3. The SMILES string of the molecule is C#CC1C[C@H]2CC(C)C[C@@H](C1)C21c2ccccc2-n2c3cc(C4(C=C)C[C@H]5CCCC4CC54c5ccccc5-n5c6ccccc6c6c(N(c7ccccc7)c7ccc(-c8ccc([Si](c9ccccc9)(c9ccccc9)c9ccccc9)cc8)cc7)ccc4c65)ccc3c3c(N(c4ccc(-c5ccccc5-c5cccc6oc7ccccc7c56)cc4)c4cccc5ccccc45)ccc1c32. The fourth-order valence-corrected chi connectivity index (χ4v) is 32.8. The Morgan fingerprint density at radius 3 is 1.57 bits per heavy atom. The summed E-state index contributed by atoms with van der Waals surface area (Å²) in [7, 11) is -2.73. The first-order valence-electron chi connectivity index (χ1n) is 48.8. The van der Waals surface area contributed by atoms with Crippen molar-refractivity contribution in [2.45, 2.75) is 81.0 Å². The Morgan fingerprint density at radius 1 is 0.370 bits per heavy atom. The van der Waals surface area contributed by atoms with Crippen molar-refractivity contribution < 1.29 is 4.42 Å². The van der Waals surface area contributed by atoms with Gasteiger partial charge in [-0.25, -0.2) is 0 Å². The van der Waals surface area contributed by atoms with Crippen LogP contribution in [0.1, 0.15) is 92.5 Å². The molecule has 646 valence electrons. The zero-order chi connectivity index (χ0) is 89.4. The van der Waals surface area contributed by atoms with Crippen LogP contribution in [0.2, 0.25) is 0 Å². The van der Waals surface area contributed by atoms with Gasteiger partial charge in [-0.3, -0.25) is 0 Å². The molecule has 5 nitrogen and oxygen atoms in total. The minimum atomic E-state index is -2.73. The van der Waals surface area contributed by atoms with Crippen LogP contribution in [-0.2, 0) is 16.2 Å². The van der Waals surface area contributed by atoms with E-state index in [1.165, 1.54) is 142 Å². The van der Waals surface area contributed by atoms with E-state index in [9.17, 15) is 0 Å². The number of para-hydroxylation sites is 5. The highest BCUT2D eigenvalue weighted by atomic mass is 28.3. The Balaban J connectivity index is 0.611. The third-order valence-electron chi connectivity index (χ3n) is 33.4. The maximum Gasteiger partial charge on any atom is 0.179 e. The van der Waals surface area contributed by atoms with Gasteiger partial charge in [0.1, 0.15) is 11.2 Å². The highest BCUT2D eigenvalue weighted by Crippen LogP contribution is 2.69. The van der Waals surface area contributed by atoms with E-state index in [2.05, 4.69) is 456 Å². The molecule has 0 amide bonds. The van der Waals surface area contributed by atoms with Gasteiger partial charge in [0, 0.05) is 76.9 Å². The van der Waals surface area contributed by atoms with Gasteiger partial charge in [0.05, 0.1) is 50.5 Å². The number of rotatable bonds is 15. The van der Waals surface area contributed by atoms with Crippen molar-refractivity contribution in [2.24, 2.45) is 35.5 Å². The first-order valence-corrected chi connectivity index (χ1v) is 50.8. The Morgan fingerprint density at radius 2 is 0.874 bits per heavy atom. The van der Waals surface area contributed by atoms with Crippen LogP contribution in [0.15, 0.2) is 436 Å². The molecule has 5 saturated carbocycles. The lowest BCUT2D eigenvalue weighted by Gasteiger charge is -2.58. The van der Waals surface area contributed by atoms with E-state index in [4.69, 9.17) is 17.4 Å². The molecule has 2 aliphatic heterocycles. The molecule has 5 aliphatic carbocycles. The van der Waals surface area contributed by atoms with Crippen molar-refractivity contribution >= 4 is 139 Å². The van der Waals surface area contributed by atoms with Crippen molar-refractivity contribution in [3.8, 4) is 57.1 Å². The lowest BCUT2D eigenvalue weighted by atomic mass is 9.45. The van der Waals surface area contributed by atoms with Gasteiger partial charge in [-0.15, -0.1) is 18.9 Å². The second kappa shape index (κ2) is 30.9. The van der Waals surface area contributed by atoms with Crippen LogP contribution in [0.3, 0.4) is 0 Å². The van der Waals surface area contributed by atoms with Crippen molar-refractivity contribution in [3.63, 3.8) is 0 Å². The van der Waals surface area contributed by atoms with Gasteiger partial charge in [0.2, 0.25) is 0 Å². The van der Waals surface area contributed by atoms with Gasteiger partial charge in [0.15, 0.2) is 8.07 Å². The van der Waals surface area contributed by atoms with Crippen molar-refractivity contribution in [1.82, 2.24) is 9.13 Å². The molecule has 18 aromatic carbocycles. The van der Waals surface area contributed by atoms with E-state index in [0.717, 1.165) is 119 Å². The predicted molar refractivity (Wildman–Crippen MR) is 566 cm³/mol. The summed E-state index contributed by atoms with van der Waals surface area (Å²) < 4.78 is 12.0. The first kappa shape index (κ1) is 79.5. The van der Waals surface area contributed by atoms with Gasteiger partial charge in [-0.05, 0) is 259 Å². The minimum absolute atomic E-state index is 0.237. The average molecular weight is 1750 g/mol. The summed E-state index contributed by atoms with van der Waals surface area (Å²) in [5, 5.41) is 15.2. The molecule has 3 aromatic heterocycles. The van der Waals surface area contributed by atoms with E-state index in [1.807, 2.05) is 0 Å². The first-order chi connectivity index (χ1) is 66.7. The van der Waals surface area contributed by atoms with Gasteiger partial charge >= 0.3 is 0 Å². The minimum Gasteiger partial charge on any atom is -0.456 e. The highest BCUT2D eigenvalue weighted by Gasteiger charge is 2.61. The normalized spacial score (nSPS) is 20.8. The van der Waals surface area contributed by atoms with Crippen LogP contribution in [0.5, 0.6) is 0 Å². The number of allylic oxidation sites excluding steroid dienone is 1. The smallest absolute Gasteiger partial charge is 0.179 e. The van der Waals surface area contributed by atoms with Gasteiger partial charge in [-0.2, -0.15) is 0 Å². The Hall–Kier alpha value is -15.3. The van der Waals surface area contributed by atoms with E-state index >= 15 is 0 Å². The van der Waals surface area contributed by atoms with Gasteiger partial charge < -0.3 is 23.4 Å². The molecule has 135 heavy (non-hydrogen) atoms. The number of hydrogen-bond donors (Lipinski definition) is 0. The predicted octanol–water partition coefficient (Wildman–Crippen LogP) is 30.5. The van der Waals surface area contributed by atoms with Crippen LogP contribution >= 0.6 is 0 Å². The molecule has 2 spiro atoms. The van der Waals surface area contributed by atoms with Crippen LogP contribution in [-0.4, -0.2) is 17.2 Å². The zero-order valence-corrected chi connectivity index (χ0v) is 76.7. The zero-order valence-electron chi connectivity index (χ0n) is 75.7. The maximum absolute atomic E-state index is 6.65. The lowest BCUT2D eigenvalue weighted by Crippen LogP contribution is -2.74. The van der Waals surface area contributed by atoms with Crippen LogP contribution in [0, 0.1) is 47.9 Å². The number of benzene rings is 18. The molecule has 0 saturated heterocycles. The number of fused-ring (bicyclic) bond motifs is 17. The fourth-order valence-electron chi connectivity index (χ4n) is 28.1. The molecular weight excluding hydrogens is 1650 g/mol. The molecule has 7 aliphatic rings. The summed E-state index contributed by atoms with van der Waals surface area (Å²) in [6.45, 7) is 7.63. The Labute approximate surface area is 789 Å². The van der Waals surface area contributed by atoms with E-state index in [-0.39, 0.29) is 34.0 Å². The second-order valence-electron chi connectivity index (χ2n) is 39.6. The standard InChI is InChI=1S/C129H100N4OSi/c1-4-85-79-93-77-84(3)78-94(80-85)129(93)110-52-25-28-55-116(110)133-119-81-90(65-72-107(119)124-118(76-74-112(129)126(124)133)131(113-56-30-34-88-33-18-19-46-103(88)113)97-68-61-89(62-69-97)102-45-20-21-47-104(102)105-50-32-58-121-122(105)108-49-23-29-57-120(108)134-121)127(5-2)82-92-36-31-35-91(127)83-128(92)109-51-24-27-54-115(109)132-114-53-26-22-48-106(114)123-117(75-73-111(128)125(123)132)130(95-37-10-6-11-38-95)96-66-59-86(60-67-96)87-63-70-101(71-64-87)135(98-39-12-7-13-40-98,99-41-14-8-15-42-99)100-43-16-9-17-44-100/h1,5-30,32-34,37-76,81,84-85,91-94H,2,31,35-36,77-80,82-83H2,3H3/t84?,85?,91?,92-,93-,94+,127?,128?,129?/m1/s1. The summed E-state index contributed by atoms with van der Waals surface area (Å²) in [4.78, 5) is 5.16. The summed E-state index contributed by atoms with van der Waals surface area (Å²) >= 11 is 0. The van der Waals surface area contributed by atoms with Gasteiger partial charge in [0.25, 0.3) is 0 Å². The number of terminal acetylenes is 1. The maximum atomic E-state index is 6.65. The van der Waals surface area contributed by atoms with Crippen molar-refractivity contribution in [3.05, 3.63) is 459 Å². The molecule has 21 aromatic rings. The van der Waals surface area contributed by atoms with E-state index in [0.29, 0.717) is 17.8 Å². The molecule has 0 N–H and O–H groups in total. The summed E-state index contributed by atoms with van der Waals surface area (Å²) in [5.74, 6) is 5.43. The molecule has 6 heteroatoms. The average Bonchev–Trinajstić information content (AvgIpc) is 1.51. The van der Waals surface area contributed by atoms with Gasteiger partial charge in [-0.1, -0.05) is 347 Å². The number of aromatic nitrogens is 2. The van der Waals surface area contributed by atoms with Crippen molar-refractivity contribution in [2.75, 3.05) is 9.80 Å². The molecule has 28 rings (SSSR count). The molecule has 5 heterocycles. The molecule has 4 bridgehead atoms. The van der Waals surface area contributed by atoms with Crippen LogP contribution in [0.25, 0.3) is 121 Å². The lowest BCUT2D eigenvalue weighted by molar-refractivity contribution is 0.0363. The third kappa shape index (κ3) is 11.5. The Kier molecular flexibility index (Phi) is 18.2. The van der Waals surface area contributed by atoms with Crippen LogP contribution in [0.4, 0.5) is 34.1 Å². The summed E-state index contributed by atoms with van der Waals surface area (Å²) in [6, 6.07) is 160. The van der Waals surface area contributed by atoms with Crippen LogP contribution < -0.4 is 30.5 Å². The number of anilines is 6. The largest absolute Gasteiger partial charge is 0.456 e. The summed E-state index contributed by atoms with van der Waals surface area (Å²) in [5.41, 5.74) is 29.5. The summed E-state index contributed by atoms with van der Waals surface area (Å²) in [6.07, 6.45) is 18.7. The third-order valence-corrected chi connectivity index (χ3v) is 38.2. The van der Waals surface area contributed by atoms with E-state index < -0.39 is 8.07 Å². The quantitative estimate of drug-likeness (QED) is 0.0443. The monoisotopic (exact) mass is 1750 g/mol.